The Hall–Kier alpha value is -1.90. The third-order valence-electron chi connectivity index (χ3n) is 4.72. The van der Waals surface area contributed by atoms with E-state index in [1.165, 1.54) is 11.8 Å². The molecule has 7 nitrogen and oxygen atoms in total. The van der Waals surface area contributed by atoms with Crippen molar-refractivity contribution in [3.63, 3.8) is 0 Å². The molecule has 1 aromatic heterocycles. The Labute approximate surface area is 162 Å². The maximum atomic E-state index is 12.3. The number of aromatic nitrogens is 2. The fourth-order valence-corrected chi connectivity index (χ4v) is 4.11. The van der Waals surface area contributed by atoms with E-state index in [1.807, 2.05) is 24.3 Å². The molecule has 27 heavy (non-hydrogen) atoms. The van der Waals surface area contributed by atoms with Crippen molar-refractivity contribution in [2.45, 2.75) is 24.0 Å². The Morgan fingerprint density at radius 1 is 1.19 bits per heavy atom. The SMILES string of the molecule is O=C(CSc1nc2ccccc2nc1N1CCOCC1)NCC1CCCO1. The van der Waals surface area contributed by atoms with Crippen LogP contribution in [-0.2, 0) is 14.3 Å². The fraction of sp³-hybridized carbons (Fsp3) is 0.526. The second-order valence-corrected chi connectivity index (χ2v) is 7.63. The van der Waals surface area contributed by atoms with Crippen molar-refractivity contribution >= 4 is 34.5 Å². The van der Waals surface area contributed by atoms with Crippen molar-refractivity contribution in [2.24, 2.45) is 0 Å². The fourth-order valence-electron chi connectivity index (χ4n) is 3.27. The van der Waals surface area contributed by atoms with Gasteiger partial charge in [-0.3, -0.25) is 4.79 Å². The molecule has 2 aliphatic rings. The third-order valence-corrected chi connectivity index (χ3v) is 5.68. The summed E-state index contributed by atoms with van der Waals surface area (Å²) in [5.41, 5.74) is 1.71. The van der Waals surface area contributed by atoms with E-state index in [0.717, 1.165) is 54.4 Å². The number of morpholine rings is 1. The number of para-hydroxylation sites is 2. The first-order valence-electron chi connectivity index (χ1n) is 9.40. The van der Waals surface area contributed by atoms with E-state index in [9.17, 15) is 4.79 Å². The smallest absolute Gasteiger partial charge is 0.230 e. The molecule has 0 spiro atoms. The molecule has 0 saturated carbocycles. The summed E-state index contributed by atoms with van der Waals surface area (Å²) in [6.45, 7) is 4.31. The van der Waals surface area contributed by atoms with E-state index in [2.05, 4.69) is 10.2 Å². The van der Waals surface area contributed by atoms with Crippen molar-refractivity contribution in [3.8, 4) is 0 Å². The number of ether oxygens (including phenoxy) is 2. The third kappa shape index (κ3) is 4.69. The second-order valence-electron chi connectivity index (χ2n) is 6.67. The van der Waals surface area contributed by atoms with Crippen LogP contribution in [0.3, 0.4) is 0 Å². The molecule has 0 bridgehead atoms. The topological polar surface area (TPSA) is 76.6 Å². The molecule has 2 fully saturated rings. The molecule has 1 unspecified atom stereocenters. The van der Waals surface area contributed by atoms with Gasteiger partial charge in [0.1, 0.15) is 5.03 Å². The van der Waals surface area contributed by atoms with Gasteiger partial charge in [0.05, 0.1) is 36.1 Å². The second kappa shape index (κ2) is 8.86. The number of rotatable bonds is 6. The number of hydrogen-bond acceptors (Lipinski definition) is 7. The van der Waals surface area contributed by atoms with E-state index in [1.54, 1.807) is 0 Å². The molecular weight excluding hydrogens is 364 g/mol. The highest BCUT2D eigenvalue weighted by atomic mass is 32.2. The number of amides is 1. The molecule has 1 aromatic carbocycles. The lowest BCUT2D eigenvalue weighted by Crippen LogP contribution is -2.37. The van der Waals surface area contributed by atoms with Gasteiger partial charge in [0.25, 0.3) is 0 Å². The van der Waals surface area contributed by atoms with Gasteiger partial charge >= 0.3 is 0 Å². The van der Waals surface area contributed by atoms with Crippen LogP contribution in [0.4, 0.5) is 5.82 Å². The Kier molecular flexibility index (Phi) is 6.06. The molecular formula is C19H24N4O3S. The van der Waals surface area contributed by atoms with E-state index in [4.69, 9.17) is 19.4 Å². The van der Waals surface area contributed by atoms with Crippen molar-refractivity contribution in [2.75, 3.05) is 50.1 Å². The molecule has 8 heteroatoms. The highest BCUT2D eigenvalue weighted by molar-refractivity contribution is 8.00. The molecule has 2 aromatic rings. The Bertz CT molecular complexity index is 792. The summed E-state index contributed by atoms with van der Waals surface area (Å²) in [5, 5.41) is 3.76. The van der Waals surface area contributed by atoms with E-state index >= 15 is 0 Å². The van der Waals surface area contributed by atoms with Gasteiger partial charge in [-0.05, 0) is 25.0 Å². The normalized spacial score (nSPS) is 20.1. The lowest BCUT2D eigenvalue weighted by Gasteiger charge is -2.29. The molecule has 2 aliphatic heterocycles. The number of thioether (sulfide) groups is 1. The summed E-state index contributed by atoms with van der Waals surface area (Å²) in [6, 6.07) is 7.83. The molecule has 4 rings (SSSR count). The van der Waals surface area contributed by atoms with Crippen LogP contribution in [0.15, 0.2) is 29.3 Å². The quantitative estimate of drug-likeness (QED) is 0.757. The lowest BCUT2D eigenvalue weighted by molar-refractivity contribution is -0.119. The average Bonchev–Trinajstić information content (AvgIpc) is 3.24. The van der Waals surface area contributed by atoms with Gasteiger partial charge < -0.3 is 19.7 Å². The number of nitrogens with one attached hydrogen (secondary N) is 1. The first-order chi connectivity index (χ1) is 13.3. The van der Waals surface area contributed by atoms with Crippen LogP contribution in [0.25, 0.3) is 11.0 Å². The minimum Gasteiger partial charge on any atom is -0.378 e. The van der Waals surface area contributed by atoms with Crippen molar-refractivity contribution < 1.29 is 14.3 Å². The highest BCUT2D eigenvalue weighted by Crippen LogP contribution is 2.29. The molecule has 1 atom stereocenters. The molecule has 3 heterocycles. The Balaban J connectivity index is 1.46. The van der Waals surface area contributed by atoms with Gasteiger partial charge in [0, 0.05) is 26.2 Å². The molecule has 144 valence electrons. The number of anilines is 1. The summed E-state index contributed by atoms with van der Waals surface area (Å²) in [5.74, 6) is 1.16. The van der Waals surface area contributed by atoms with Crippen LogP contribution in [0.5, 0.6) is 0 Å². The van der Waals surface area contributed by atoms with Gasteiger partial charge in [0.15, 0.2) is 5.82 Å². The molecule has 2 saturated heterocycles. The maximum Gasteiger partial charge on any atom is 0.230 e. The van der Waals surface area contributed by atoms with Gasteiger partial charge in [-0.15, -0.1) is 0 Å². The highest BCUT2D eigenvalue weighted by Gasteiger charge is 2.20. The van der Waals surface area contributed by atoms with Crippen LogP contribution in [-0.4, -0.2) is 67.2 Å². The van der Waals surface area contributed by atoms with Gasteiger partial charge in [-0.2, -0.15) is 0 Å². The van der Waals surface area contributed by atoms with Crippen LogP contribution in [0.2, 0.25) is 0 Å². The Morgan fingerprint density at radius 2 is 1.96 bits per heavy atom. The zero-order valence-electron chi connectivity index (χ0n) is 15.2. The molecule has 0 radical (unpaired) electrons. The van der Waals surface area contributed by atoms with Gasteiger partial charge in [-0.25, -0.2) is 9.97 Å². The van der Waals surface area contributed by atoms with E-state index in [-0.39, 0.29) is 12.0 Å². The van der Waals surface area contributed by atoms with Crippen LogP contribution in [0.1, 0.15) is 12.8 Å². The summed E-state index contributed by atoms with van der Waals surface area (Å²) in [7, 11) is 0. The van der Waals surface area contributed by atoms with Gasteiger partial charge in [0.2, 0.25) is 5.91 Å². The number of fused-ring (bicyclic) bond motifs is 1. The average molecular weight is 388 g/mol. The summed E-state index contributed by atoms with van der Waals surface area (Å²) in [4.78, 5) is 24.0. The number of carbonyl (C=O) groups is 1. The number of benzene rings is 1. The van der Waals surface area contributed by atoms with Gasteiger partial charge in [-0.1, -0.05) is 23.9 Å². The summed E-state index contributed by atoms with van der Waals surface area (Å²) >= 11 is 1.44. The summed E-state index contributed by atoms with van der Waals surface area (Å²) < 4.78 is 11.0. The zero-order chi connectivity index (χ0) is 18.5. The number of carbonyl (C=O) groups excluding carboxylic acids is 1. The zero-order valence-corrected chi connectivity index (χ0v) is 16.0. The van der Waals surface area contributed by atoms with Crippen LogP contribution < -0.4 is 10.2 Å². The predicted octanol–water partition coefficient (Wildman–Crippen LogP) is 1.85. The van der Waals surface area contributed by atoms with E-state index < -0.39 is 0 Å². The van der Waals surface area contributed by atoms with E-state index in [0.29, 0.717) is 25.5 Å². The first kappa shape index (κ1) is 18.5. The standard InChI is InChI=1S/C19H24N4O3S/c24-17(20-12-14-4-3-9-26-14)13-27-19-18(23-7-10-25-11-8-23)21-15-5-1-2-6-16(15)22-19/h1-2,5-6,14H,3-4,7-13H2,(H,20,24). The molecule has 0 aliphatic carbocycles. The summed E-state index contributed by atoms with van der Waals surface area (Å²) in [6.07, 6.45) is 2.25. The van der Waals surface area contributed by atoms with Crippen molar-refractivity contribution in [1.82, 2.24) is 15.3 Å². The Morgan fingerprint density at radius 3 is 2.70 bits per heavy atom. The monoisotopic (exact) mass is 388 g/mol. The molecule has 1 amide bonds. The maximum absolute atomic E-state index is 12.3. The van der Waals surface area contributed by atoms with Crippen LogP contribution >= 0.6 is 11.8 Å². The predicted molar refractivity (Wildman–Crippen MR) is 105 cm³/mol. The van der Waals surface area contributed by atoms with Crippen molar-refractivity contribution in [3.05, 3.63) is 24.3 Å². The number of nitrogens with zero attached hydrogens (tertiary/aromatic N) is 3. The lowest BCUT2D eigenvalue weighted by atomic mass is 10.2. The first-order valence-corrected chi connectivity index (χ1v) is 10.4. The number of hydrogen-bond donors (Lipinski definition) is 1. The largest absolute Gasteiger partial charge is 0.378 e. The minimum absolute atomic E-state index is 0.00149. The molecule has 1 N–H and O–H groups in total. The van der Waals surface area contributed by atoms with Crippen LogP contribution in [0, 0.1) is 0 Å². The minimum atomic E-state index is -0.00149. The van der Waals surface area contributed by atoms with Crippen molar-refractivity contribution in [1.29, 1.82) is 0 Å².